The molecule has 200 valence electrons. The molecule has 0 bridgehead atoms. The van der Waals surface area contributed by atoms with Crippen molar-refractivity contribution in [3.05, 3.63) is 56.6 Å². The molecule has 0 spiro atoms. The third-order valence-electron chi connectivity index (χ3n) is 9.66. The van der Waals surface area contributed by atoms with Gasteiger partial charge in [-0.25, -0.2) is 9.37 Å². The molecule has 1 fully saturated rings. The van der Waals surface area contributed by atoms with Crippen LogP contribution in [-0.2, 0) is 19.4 Å². The van der Waals surface area contributed by atoms with E-state index in [2.05, 4.69) is 51.6 Å². The fourth-order valence-electron chi connectivity index (χ4n) is 6.46. The number of rotatable bonds is 4. The Morgan fingerprint density at radius 2 is 1.84 bits per heavy atom. The van der Waals surface area contributed by atoms with E-state index in [0.717, 1.165) is 66.1 Å². The molecule has 2 aliphatic heterocycles. The second-order valence-electron chi connectivity index (χ2n) is 13.3. The second kappa shape index (κ2) is 8.75. The standard InChI is InChI=1S/C30H41FN4O2/c1-18-13-21(31)14-23-25(18)26(33-37-23)20-9-11-34(30(7,8)15-20)12-10-22-19(2)32-24-16-28(3,4)29(5,6)17-35(24)27(22)36/h13-14,20H,9-12,15-17H2,1-8H3. The molecule has 37 heavy (non-hydrogen) atoms. The fraction of sp³-hybridized carbons (Fsp3) is 0.633. The normalized spacial score (nSPS) is 22.8. The zero-order chi connectivity index (χ0) is 26.9. The van der Waals surface area contributed by atoms with Gasteiger partial charge in [-0.05, 0) is 76.0 Å². The summed E-state index contributed by atoms with van der Waals surface area (Å²) in [6, 6.07) is 2.98. The third-order valence-corrected chi connectivity index (χ3v) is 9.66. The van der Waals surface area contributed by atoms with E-state index in [1.807, 2.05) is 18.4 Å². The van der Waals surface area contributed by atoms with Crippen molar-refractivity contribution in [3.8, 4) is 0 Å². The largest absolute Gasteiger partial charge is 0.356 e. The molecular weight excluding hydrogens is 467 g/mol. The number of piperidine rings is 1. The fourth-order valence-corrected chi connectivity index (χ4v) is 6.46. The number of halogens is 1. The van der Waals surface area contributed by atoms with Crippen molar-refractivity contribution in [2.75, 3.05) is 13.1 Å². The summed E-state index contributed by atoms with van der Waals surface area (Å²) in [7, 11) is 0. The molecule has 0 saturated carbocycles. The van der Waals surface area contributed by atoms with E-state index < -0.39 is 0 Å². The Hall–Kier alpha value is -2.54. The van der Waals surface area contributed by atoms with Crippen LogP contribution >= 0.6 is 0 Å². The van der Waals surface area contributed by atoms with Gasteiger partial charge in [0.1, 0.15) is 11.6 Å². The van der Waals surface area contributed by atoms with Gasteiger partial charge in [0.2, 0.25) is 0 Å². The summed E-state index contributed by atoms with van der Waals surface area (Å²) < 4.78 is 21.3. The van der Waals surface area contributed by atoms with Gasteiger partial charge < -0.3 is 4.52 Å². The number of likely N-dealkylation sites (tertiary alicyclic amines) is 1. The molecule has 0 radical (unpaired) electrons. The second-order valence-corrected chi connectivity index (χ2v) is 13.3. The number of nitrogens with zero attached hydrogens (tertiary/aromatic N) is 4. The quantitative estimate of drug-likeness (QED) is 0.436. The van der Waals surface area contributed by atoms with Crippen molar-refractivity contribution in [1.82, 2.24) is 19.6 Å². The average Bonchev–Trinajstić information content (AvgIpc) is 3.20. The molecule has 0 N–H and O–H groups in total. The van der Waals surface area contributed by atoms with E-state index in [1.54, 1.807) is 6.07 Å². The van der Waals surface area contributed by atoms with Crippen LogP contribution in [-0.4, -0.2) is 38.2 Å². The Morgan fingerprint density at radius 3 is 2.54 bits per heavy atom. The van der Waals surface area contributed by atoms with E-state index in [0.29, 0.717) is 18.5 Å². The number of hydrogen-bond donors (Lipinski definition) is 0. The number of hydrogen-bond acceptors (Lipinski definition) is 5. The first-order valence-electron chi connectivity index (χ1n) is 13.6. The van der Waals surface area contributed by atoms with Crippen molar-refractivity contribution in [2.24, 2.45) is 10.8 Å². The van der Waals surface area contributed by atoms with Crippen molar-refractivity contribution < 1.29 is 8.91 Å². The zero-order valence-electron chi connectivity index (χ0n) is 23.7. The lowest BCUT2D eigenvalue weighted by Crippen LogP contribution is -2.51. The molecule has 2 aromatic heterocycles. The highest BCUT2D eigenvalue weighted by atomic mass is 19.1. The molecule has 1 unspecified atom stereocenters. The van der Waals surface area contributed by atoms with E-state index in [1.165, 1.54) is 6.07 Å². The highest BCUT2D eigenvalue weighted by molar-refractivity contribution is 5.83. The van der Waals surface area contributed by atoms with Crippen LogP contribution in [0.15, 0.2) is 21.5 Å². The predicted molar refractivity (Wildman–Crippen MR) is 145 cm³/mol. The maximum Gasteiger partial charge on any atom is 0.257 e. The van der Waals surface area contributed by atoms with Crippen LogP contribution in [0.3, 0.4) is 0 Å². The van der Waals surface area contributed by atoms with E-state index in [-0.39, 0.29) is 33.7 Å². The van der Waals surface area contributed by atoms with Gasteiger partial charge in [-0.3, -0.25) is 14.3 Å². The van der Waals surface area contributed by atoms with Crippen LogP contribution < -0.4 is 5.56 Å². The molecule has 5 rings (SSSR count). The van der Waals surface area contributed by atoms with Gasteiger partial charge in [-0.1, -0.05) is 32.9 Å². The molecule has 3 aromatic rings. The summed E-state index contributed by atoms with van der Waals surface area (Å²) in [6.07, 6.45) is 3.39. The molecule has 2 aliphatic rings. The lowest BCUT2D eigenvalue weighted by atomic mass is 9.64. The van der Waals surface area contributed by atoms with Gasteiger partial charge in [0.05, 0.1) is 5.69 Å². The Kier molecular flexibility index (Phi) is 6.17. The first-order chi connectivity index (χ1) is 17.2. The van der Waals surface area contributed by atoms with Gasteiger partial charge in [0.25, 0.3) is 5.56 Å². The summed E-state index contributed by atoms with van der Waals surface area (Å²) in [5, 5.41) is 5.33. The summed E-state index contributed by atoms with van der Waals surface area (Å²) in [6.45, 7) is 19.9. The number of benzene rings is 1. The first kappa shape index (κ1) is 26.1. The molecule has 1 aromatic carbocycles. The van der Waals surface area contributed by atoms with E-state index in [4.69, 9.17) is 9.51 Å². The summed E-state index contributed by atoms with van der Waals surface area (Å²) in [5.74, 6) is 0.879. The minimum atomic E-state index is -0.294. The maximum absolute atomic E-state index is 13.8. The molecule has 1 atom stereocenters. The van der Waals surface area contributed by atoms with Crippen LogP contribution in [0.4, 0.5) is 4.39 Å². The molecule has 0 aliphatic carbocycles. The summed E-state index contributed by atoms with van der Waals surface area (Å²) in [5.41, 5.74) is 4.24. The molecule has 4 heterocycles. The van der Waals surface area contributed by atoms with Crippen molar-refractivity contribution in [3.63, 3.8) is 0 Å². The Labute approximate surface area is 219 Å². The number of fused-ring (bicyclic) bond motifs is 2. The smallest absolute Gasteiger partial charge is 0.257 e. The minimum absolute atomic E-state index is 0.0251. The SMILES string of the molecule is Cc1nc2n(c(=O)c1CCN1CCC(c3noc4cc(F)cc(C)c34)CC1(C)C)CC(C)(C)C(C)(C)C2. The predicted octanol–water partition coefficient (Wildman–Crippen LogP) is 5.95. The minimum Gasteiger partial charge on any atom is -0.356 e. The molecule has 0 amide bonds. The lowest BCUT2D eigenvalue weighted by Gasteiger charge is -2.46. The number of aromatic nitrogens is 3. The van der Waals surface area contributed by atoms with E-state index in [9.17, 15) is 9.18 Å². The van der Waals surface area contributed by atoms with Gasteiger partial charge in [-0.15, -0.1) is 0 Å². The Morgan fingerprint density at radius 1 is 1.11 bits per heavy atom. The van der Waals surface area contributed by atoms with Gasteiger partial charge in [-0.2, -0.15) is 0 Å². The average molecular weight is 509 g/mol. The van der Waals surface area contributed by atoms with E-state index >= 15 is 0 Å². The third kappa shape index (κ3) is 4.43. The van der Waals surface area contributed by atoms with Crippen LogP contribution in [0.1, 0.15) is 88.6 Å². The van der Waals surface area contributed by atoms with Crippen LogP contribution in [0, 0.1) is 30.5 Å². The maximum atomic E-state index is 13.8. The van der Waals surface area contributed by atoms with Crippen LogP contribution in [0.5, 0.6) is 0 Å². The van der Waals surface area contributed by atoms with Gasteiger partial charge in [0, 0.05) is 53.7 Å². The molecule has 7 heteroatoms. The molecular formula is C30H41FN4O2. The van der Waals surface area contributed by atoms with Crippen molar-refractivity contribution in [2.45, 2.75) is 99.1 Å². The molecule has 6 nitrogen and oxygen atoms in total. The first-order valence-corrected chi connectivity index (χ1v) is 13.6. The van der Waals surface area contributed by atoms with Gasteiger partial charge in [0.15, 0.2) is 5.58 Å². The van der Waals surface area contributed by atoms with Crippen LogP contribution in [0.25, 0.3) is 11.0 Å². The van der Waals surface area contributed by atoms with Crippen molar-refractivity contribution >= 4 is 11.0 Å². The Balaban J connectivity index is 1.34. The highest BCUT2D eigenvalue weighted by Gasteiger charge is 2.43. The topological polar surface area (TPSA) is 64.2 Å². The zero-order valence-corrected chi connectivity index (χ0v) is 23.7. The lowest BCUT2D eigenvalue weighted by molar-refractivity contribution is 0.0563. The molecule has 1 saturated heterocycles. The Bertz CT molecular complexity index is 1420. The van der Waals surface area contributed by atoms with Crippen molar-refractivity contribution in [1.29, 1.82) is 0 Å². The number of aryl methyl sites for hydroxylation is 2. The summed E-state index contributed by atoms with van der Waals surface area (Å²) in [4.78, 5) is 21.0. The highest BCUT2D eigenvalue weighted by Crippen LogP contribution is 2.45. The van der Waals surface area contributed by atoms with Crippen LogP contribution in [0.2, 0.25) is 0 Å². The van der Waals surface area contributed by atoms with Gasteiger partial charge >= 0.3 is 0 Å². The monoisotopic (exact) mass is 508 g/mol. The summed E-state index contributed by atoms with van der Waals surface area (Å²) >= 11 is 0.